The maximum absolute atomic E-state index is 10.5. The van der Waals surface area contributed by atoms with E-state index in [1.165, 1.54) is 30.8 Å². The Morgan fingerprint density at radius 3 is 2.08 bits per heavy atom. The minimum absolute atomic E-state index is 0.0851. The van der Waals surface area contributed by atoms with Gasteiger partial charge in [-0.2, -0.15) is 0 Å². The third kappa shape index (κ3) is 1.75. The Labute approximate surface area is 89.1 Å². The fourth-order valence-corrected chi connectivity index (χ4v) is 5.64. The van der Waals surface area contributed by atoms with Gasteiger partial charge in [-0.3, -0.25) is 0 Å². The molecule has 1 saturated carbocycles. The highest BCUT2D eigenvalue weighted by Crippen LogP contribution is 2.54. The Morgan fingerprint density at radius 2 is 1.54 bits per heavy atom. The van der Waals surface area contributed by atoms with Crippen molar-refractivity contribution in [2.24, 2.45) is 0 Å². The lowest BCUT2D eigenvalue weighted by Gasteiger charge is -2.44. The third-order valence-electron chi connectivity index (χ3n) is 3.32. The van der Waals surface area contributed by atoms with Crippen LogP contribution in [0.5, 0.6) is 0 Å². The van der Waals surface area contributed by atoms with Crippen LogP contribution in [0.15, 0.2) is 0 Å². The van der Waals surface area contributed by atoms with Gasteiger partial charge in [0.2, 0.25) is 0 Å². The predicted octanol–water partition coefficient (Wildman–Crippen LogP) is 2.88. The Kier molecular flexibility index (Phi) is 2.87. The smallest absolute Gasteiger partial charge is 0.0882 e. The van der Waals surface area contributed by atoms with E-state index in [1.54, 1.807) is 0 Å². The Hall–Kier alpha value is 0.660. The van der Waals surface area contributed by atoms with Crippen molar-refractivity contribution in [3.8, 4) is 0 Å². The van der Waals surface area contributed by atoms with Crippen LogP contribution in [-0.2, 0) is 0 Å². The molecule has 0 unspecified atom stereocenters. The van der Waals surface area contributed by atoms with Crippen LogP contribution in [0.3, 0.4) is 0 Å². The molecule has 1 aliphatic heterocycles. The lowest BCUT2D eigenvalue weighted by Crippen LogP contribution is -2.46. The van der Waals surface area contributed by atoms with Crippen molar-refractivity contribution in [1.82, 2.24) is 0 Å². The molecular formula is C10H18OS2. The molecule has 1 saturated heterocycles. The van der Waals surface area contributed by atoms with Crippen LogP contribution in [0.2, 0.25) is 0 Å². The minimum Gasteiger partial charge on any atom is -0.388 e. The summed E-state index contributed by atoms with van der Waals surface area (Å²) in [6.45, 7) is 2.24. The van der Waals surface area contributed by atoms with Crippen LogP contribution in [0.4, 0.5) is 0 Å². The topological polar surface area (TPSA) is 20.2 Å². The van der Waals surface area contributed by atoms with Crippen molar-refractivity contribution in [2.75, 3.05) is 11.5 Å². The van der Waals surface area contributed by atoms with Gasteiger partial charge in [-0.05, 0) is 37.7 Å². The molecule has 1 N–H and O–H groups in total. The molecule has 0 atom stereocenters. The number of hydrogen-bond donors (Lipinski definition) is 1. The molecule has 76 valence electrons. The van der Waals surface area contributed by atoms with Crippen molar-refractivity contribution < 1.29 is 5.11 Å². The van der Waals surface area contributed by atoms with Gasteiger partial charge in [-0.15, -0.1) is 23.5 Å². The van der Waals surface area contributed by atoms with E-state index in [4.69, 9.17) is 0 Å². The summed E-state index contributed by atoms with van der Waals surface area (Å²) in [6.07, 6.45) is 5.77. The highest BCUT2D eigenvalue weighted by molar-refractivity contribution is 8.18. The molecule has 0 aromatic heterocycles. The van der Waals surface area contributed by atoms with Gasteiger partial charge in [0, 0.05) is 0 Å². The monoisotopic (exact) mass is 218 g/mol. The molecule has 13 heavy (non-hydrogen) atoms. The van der Waals surface area contributed by atoms with Gasteiger partial charge >= 0.3 is 0 Å². The number of rotatable bonds is 1. The Bertz CT molecular complexity index is 181. The van der Waals surface area contributed by atoms with Gasteiger partial charge in [0.15, 0.2) is 0 Å². The van der Waals surface area contributed by atoms with Crippen LogP contribution < -0.4 is 0 Å². The highest BCUT2D eigenvalue weighted by Gasteiger charge is 2.49. The summed E-state index contributed by atoms with van der Waals surface area (Å²) in [6, 6.07) is 0. The van der Waals surface area contributed by atoms with E-state index < -0.39 is 0 Å². The number of aliphatic hydroxyl groups is 1. The quantitative estimate of drug-likeness (QED) is 0.731. The average Bonchev–Trinajstić information content (AvgIpc) is 2.55. The van der Waals surface area contributed by atoms with Crippen molar-refractivity contribution >= 4 is 23.5 Å². The first-order valence-corrected chi connectivity index (χ1v) is 7.14. The van der Waals surface area contributed by atoms with Gasteiger partial charge < -0.3 is 5.11 Å². The van der Waals surface area contributed by atoms with E-state index in [9.17, 15) is 5.11 Å². The molecule has 1 heterocycles. The second kappa shape index (κ2) is 3.67. The summed E-state index contributed by atoms with van der Waals surface area (Å²) in [5.41, 5.74) is -0.372. The SMILES string of the molecule is CC1(C2(O)CCCC2)SCCCS1. The first-order chi connectivity index (χ1) is 6.16. The van der Waals surface area contributed by atoms with Crippen LogP contribution in [-0.4, -0.2) is 26.3 Å². The van der Waals surface area contributed by atoms with Gasteiger partial charge in [0.1, 0.15) is 0 Å². The average molecular weight is 218 g/mol. The second-order valence-corrected chi connectivity index (χ2v) is 7.52. The Morgan fingerprint density at radius 1 is 1.00 bits per heavy atom. The summed E-state index contributed by atoms with van der Waals surface area (Å²) >= 11 is 3.95. The molecule has 3 heteroatoms. The zero-order valence-corrected chi connectivity index (χ0v) is 9.85. The number of thioether (sulfide) groups is 2. The standard InChI is InChI=1S/C10H18OS2/c1-9(12-7-4-8-13-9)10(11)5-2-3-6-10/h11H,2-8H2,1H3. The van der Waals surface area contributed by atoms with E-state index in [2.05, 4.69) is 6.92 Å². The summed E-state index contributed by atoms with van der Waals surface area (Å²) in [5.74, 6) is 2.46. The molecule has 0 amide bonds. The summed E-state index contributed by atoms with van der Waals surface area (Å²) in [5, 5.41) is 10.5. The molecule has 2 rings (SSSR count). The molecule has 0 bridgehead atoms. The first-order valence-electron chi connectivity index (χ1n) is 5.17. The highest BCUT2D eigenvalue weighted by atomic mass is 32.2. The largest absolute Gasteiger partial charge is 0.388 e. The molecule has 0 aromatic carbocycles. The molecule has 0 aromatic rings. The molecule has 0 radical (unpaired) electrons. The van der Waals surface area contributed by atoms with E-state index in [0.717, 1.165) is 12.8 Å². The third-order valence-corrected chi connectivity index (χ3v) is 6.87. The molecule has 2 aliphatic rings. The van der Waals surface area contributed by atoms with Crippen molar-refractivity contribution in [3.05, 3.63) is 0 Å². The van der Waals surface area contributed by atoms with E-state index in [1.807, 2.05) is 23.5 Å². The second-order valence-electron chi connectivity index (χ2n) is 4.23. The van der Waals surface area contributed by atoms with E-state index in [-0.39, 0.29) is 9.68 Å². The van der Waals surface area contributed by atoms with Gasteiger partial charge in [-0.1, -0.05) is 12.8 Å². The fourth-order valence-electron chi connectivity index (χ4n) is 2.32. The zero-order chi connectivity index (χ0) is 9.36. The molecule has 1 aliphatic carbocycles. The summed E-state index contributed by atoms with van der Waals surface area (Å²) in [7, 11) is 0. The zero-order valence-electron chi connectivity index (χ0n) is 8.21. The van der Waals surface area contributed by atoms with Gasteiger partial charge in [0.05, 0.1) is 9.68 Å². The van der Waals surface area contributed by atoms with Crippen molar-refractivity contribution in [3.63, 3.8) is 0 Å². The van der Waals surface area contributed by atoms with Crippen LogP contribution in [0.1, 0.15) is 39.0 Å². The first kappa shape index (κ1) is 10.2. The molecule has 1 nitrogen and oxygen atoms in total. The van der Waals surface area contributed by atoms with Gasteiger partial charge in [0.25, 0.3) is 0 Å². The Balaban J connectivity index is 2.11. The van der Waals surface area contributed by atoms with Crippen LogP contribution in [0.25, 0.3) is 0 Å². The van der Waals surface area contributed by atoms with E-state index in [0.29, 0.717) is 0 Å². The lowest BCUT2D eigenvalue weighted by atomic mass is 9.98. The minimum atomic E-state index is -0.372. The van der Waals surface area contributed by atoms with Crippen LogP contribution >= 0.6 is 23.5 Å². The van der Waals surface area contributed by atoms with Gasteiger partial charge in [-0.25, -0.2) is 0 Å². The number of hydrogen-bond acceptors (Lipinski definition) is 3. The summed E-state index contributed by atoms with van der Waals surface area (Å²) in [4.78, 5) is 0. The molecular weight excluding hydrogens is 200 g/mol. The molecule has 0 spiro atoms. The van der Waals surface area contributed by atoms with Crippen molar-refractivity contribution in [1.29, 1.82) is 0 Å². The maximum atomic E-state index is 10.5. The van der Waals surface area contributed by atoms with Crippen LogP contribution in [0, 0.1) is 0 Å². The predicted molar refractivity (Wildman–Crippen MR) is 61.4 cm³/mol. The maximum Gasteiger partial charge on any atom is 0.0882 e. The summed E-state index contributed by atoms with van der Waals surface area (Å²) < 4.78 is 0.0851. The van der Waals surface area contributed by atoms with E-state index >= 15 is 0 Å². The fraction of sp³-hybridized carbons (Fsp3) is 1.00. The lowest BCUT2D eigenvalue weighted by molar-refractivity contribution is 0.0398. The normalized spacial score (nSPS) is 31.8. The molecule has 2 fully saturated rings. The van der Waals surface area contributed by atoms with Crippen molar-refractivity contribution in [2.45, 2.75) is 48.7 Å².